The minimum absolute atomic E-state index is 0.213. The Bertz CT molecular complexity index is 747. The van der Waals surface area contributed by atoms with E-state index in [0.29, 0.717) is 5.11 Å². The van der Waals surface area contributed by atoms with Crippen molar-refractivity contribution in [1.82, 2.24) is 15.2 Å². The molecule has 1 atom stereocenters. The van der Waals surface area contributed by atoms with Gasteiger partial charge in [-0.25, -0.2) is 0 Å². The highest BCUT2D eigenvalue weighted by atomic mass is 32.1. The molecule has 5 nitrogen and oxygen atoms in total. The minimum atomic E-state index is 0.213. The van der Waals surface area contributed by atoms with Crippen molar-refractivity contribution >= 4 is 23.0 Å². The van der Waals surface area contributed by atoms with E-state index in [1.165, 1.54) is 16.7 Å². The first-order chi connectivity index (χ1) is 13.2. The van der Waals surface area contributed by atoms with E-state index in [4.69, 9.17) is 17.0 Å². The molecule has 0 radical (unpaired) electrons. The molecular formula is C21H28N4OS. The summed E-state index contributed by atoms with van der Waals surface area (Å²) in [6, 6.07) is 10.7. The smallest absolute Gasteiger partial charge is 0.170 e. The van der Waals surface area contributed by atoms with Gasteiger partial charge in [-0.05, 0) is 48.3 Å². The molecule has 0 bridgehead atoms. The summed E-state index contributed by atoms with van der Waals surface area (Å²) in [7, 11) is 0. The lowest BCUT2D eigenvalue weighted by Gasteiger charge is -2.35. The van der Waals surface area contributed by atoms with Gasteiger partial charge in [0, 0.05) is 37.7 Å². The molecule has 2 N–H and O–H groups in total. The average Bonchev–Trinajstić information content (AvgIpc) is 2.71. The highest BCUT2D eigenvalue weighted by molar-refractivity contribution is 7.80. The Hall–Kier alpha value is -2.02. The van der Waals surface area contributed by atoms with Crippen LogP contribution in [0.3, 0.4) is 0 Å². The summed E-state index contributed by atoms with van der Waals surface area (Å²) in [5.41, 5.74) is 4.79. The molecule has 1 aromatic carbocycles. The predicted octanol–water partition coefficient (Wildman–Crippen LogP) is 3.31. The van der Waals surface area contributed by atoms with Crippen molar-refractivity contribution in [3.8, 4) is 0 Å². The zero-order valence-electron chi connectivity index (χ0n) is 16.1. The number of pyridine rings is 1. The fourth-order valence-electron chi connectivity index (χ4n) is 3.47. The number of hydrogen-bond donors (Lipinski definition) is 2. The second kappa shape index (κ2) is 9.78. The lowest BCUT2D eigenvalue weighted by atomic mass is 10.1. The van der Waals surface area contributed by atoms with Crippen molar-refractivity contribution < 1.29 is 4.74 Å². The summed E-state index contributed by atoms with van der Waals surface area (Å²) in [5, 5.41) is 7.47. The van der Waals surface area contributed by atoms with Crippen LogP contribution in [0, 0.1) is 6.92 Å². The topological polar surface area (TPSA) is 49.4 Å². The number of benzene rings is 1. The van der Waals surface area contributed by atoms with Gasteiger partial charge in [0.2, 0.25) is 0 Å². The molecule has 1 saturated heterocycles. The van der Waals surface area contributed by atoms with E-state index in [2.05, 4.69) is 58.6 Å². The molecule has 144 valence electrons. The van der Waals surface area contributed by atoms with Crippen molar-refractivity contribution in [2.75, 3.05) is 38.2 Å². The average molecular weight is 385 g/mol. The van der Waals surface area contributed by atoms with E-state index < -0.39 is 0 Å². The number of hydrogen-bond acceptors (Lipinski definition) is 4. The summed E-state index contributed by atoms with van der Waals surface area (Å²) >= 11 is 5.59. The molecule has 0 unspecified atom stereocenters. The highest BCUT2D eigenvalue weighted by Gasteiger charge is 2.23. The zero-order chi connectivity index (χ0) is 19.1. The second-order valence-corrected chi connectivity index (χ2v) is 7.16. The molecular weight excluding hydrogens is 356 g/mol. The number of ether oxygens (including phenoxy) is 1. The number of para-hydroxylation sites is 1. The largest absolute Gasteiger partial charge is 0.379 e. The van der Waals surface area contributed by atoms with Gasteiger partial charge in [-0.1, -0.05) is 31.2 Å². The summed E-state index contributed by atoms with van der Waals surface area (Å²) < 4.78 is 5.51. The zero-order valence-corrected chi connectivity index (χ0v) is 16.9. The van der Waals surface area contributed by atoms with Crippen LogP contribution in [0.2, 0.25) is 0 Å². The van der Waals surface area contributed by atoms with Gasteiger partial charge in [0.15, 0.2) is 5.11 Å². The number of thiocarbonyl (C=S) groups is 1. The normalized spacial score (nSPS) is 15.9. The van der Waals surface area contributed by atoms with Crippen LogP contribution in [0.25, 0.3) is 0 Å². The summed E-state index contributed by atoms with van der Waals surface area (Å²) in [6.45, 7) is 8.36. The van der Waals surface area contributed by atoms with E-state index in [1.807, 2.05) is 18.5 Å². The van der Waals surface area contributed by atoms with Gasteiger partial charge in [-0.15, -0.1) is 0 Å². The third kappa shape index (κ3) is 5.25. The van der Waals surface area contributed by atoms with Crippen LogP contribution < -0.4 is 10.6 Å². The number of anilines is 1. The van der Waals surface area contributed by atoms with Crippen LogP contribution in [0.4, 0.5) is 5.69 Å². The number of morpholine rings is 1. The molecule has 1 aliphatic heterocycles. The maximum Gasteiger partial charge on any atom is 0.170 e. The molecule has 1 aliphatic rings. The standard InChI is InChI=1S/C21H28N4OS/c1-3-17-7-4-6-16(2)20(17)24-21(27)23-15-19(18-8-5-9-22-14-18)25-10-12-26-13-11-25/h4-9,14,19H,3,10-13,15H2,1-2H3,(H2,23,24,27)/t19-/m0/s1. The SMILES string of the molecule is CCc1cccc(C)c1NC(=S)NC[C@@H](c1cccnc1)N1CCOCC1. The summed E-state index contributed by atoms with van der Waals surface area (Å²) in [4.78, 5) is 6.73. The van der Waals surface area contributed by atoms with Crippen molar-refractivity contribution in [3.63, 3.8) is 0 Å². The van der Waals surface area contributed by atoms with Crippen LogP contribution >= 0.6 is 12.2 Å². The van der Waals surface area contributed by atoms with Gasteiger partial charge in [-0.3, -0.25) is 9.88 Å². The van der Waals surface area contributed by atoms with Crippen molar-refractivity contribution in [2.24, 2.45) is 0 Å². The Labute approximate surface area is 167 Å². The monoisotopic (exact) mass is 384 g/mol. The van der Waals surface area contributed by atoms with E-state index in [0.717, 1.165) is 45.0 Å². The molecule has 2 heterocycles. The molecule has 6 heteroatoms. The van der Waals surface area contributed by atoms with Crippen LogP contribution in [-0.4, -0.2) is 47.8 Å². The molecule has 0 aliphatic carbocycles. The molecule has 27 heavy (non-hydrogen) atoms. The fourth-order valence-corrected chi connectivity index (χ4v) is 3.65. The van der Waals surface area contributed by atoms with Gasteiger partial charge in [0.1, 0.15) is 0 Å². The van der Waals surface area contributed by atoms with Gasteiger partial charge in [-0.2, -0.15) is 0 Å². The first-order valence-corrected chi connectivity index (χ1v) is 9.95. The first kappa shape index (κ1) is 19.7. The molecule has 0 saturated carbocycles. The molecule has 3 rings (SSSR count). The Balaban J connectivity index is 1.67. The lowest BCUT2D eigenvalue weighted by molar-refractivity contribution is 0.0170. The van der Waals surface area contributed by atoms with Crippen molar-refractivity contribution in [1.29, 1.82) is 0 Å². The minimum Gasteiger partial charge on any atom is -0.379 e. The van der Waals surface area contributed by atoms with Crippen molar-refractivity contribution in [3.05, 3.63) is 59.4 Å². The molecule has 2 aromatic rings. The van der Waals surface area contributed by atoms with Crippen LogP contribution in [0.1, 0.15) is 29.7 Å². The number of aryl methyl sites for hydroxylation is 2. The van der Waals surface area contributed by atoms with Crippen LogP contribution in [0.15, 0.2) is 42.7 Å². The fraction of sp³-hybridized carbons (Fsp3) is 0.429. The third-order valence-electron chi connectivity index (χ3n) is 4.99. The third-order valence-corrected chi connectivity index (χ3v) is 5.24. The van der Waals surface area contributed by atoms with Crippen LogP contribution in [0.5, 0.6) is 0 Å². The van der Waals surface area contributed by atoms with Gasteiger partial charge < -0.3 is 15.4 Å². The molecule has 1 aromatic heterocycles. The Morgan fingerprint density at radius 1 is 1.26 bits per heavy atom. The highest BCUT2D eigenvalue weighted by Crippen LogP contribution is 2.22. The second-order valence-electron chi connectivity index (χ2n) is 6.75. The number of nitrogens with one attached hydrogen (secondary N) is 2. The van der Waals surface area contributed by atoms with E-state index >= 15 is 0 Å². The maximum atomic E-state index is 5.59. The Morgan fingerprint density at radius 2 is 2.07 bits per heavy atom. The summed E-state index contributed by atoms with van der Waals surface area (Å²) in [5.74, 6) is 0. The van der Waals surface area contributed by atoms with Crippen LogP contribution in [-0.2, 0) is 11.2 Å². The van der Waals surface area contributed by atoms with E-state index in [9.17, 15) is 0 Å². The lowest BCUT2D eigenvalue weighted by Crippen LogP contribution is -2.44. The predicted molar refractivity (Wildman–Crippen MR) is 114 cm³/mol. The molecule has 1 fully saturated rings. The quantitative estimate of drug-likeness (QED) is 0.745. The maximum absolute atomic E-state index is 5.59. The Morgan fingerprint density at radius 3 is 2.78 bits per heavy atom. The number of nitrogens with zero attached hydrogens (tertiary/aromatic N) is 2. The van der Waals surface area contributed by atoms with Gasteiger partial charge in [0.25, 0.3) is 0 Å². The van der Waals surface area contributed by atoms with E-state index in [-0.39, 0.29) is 6.04 Å². The molecule has 0 spiro atoms. The number of aromatic nitrogens is 1. The van der Waals surface area contributed by atoms with E-state index in [1.54, 1.807) is 0 Å². The Kier molecular flexibility index (Phi) is 7.15. The van der Waals surface area contributed by atoms with Gasteiger partial charge >= 0.3 is 0 Å². The first-order valence-electron chi connectivity index (χ1n) is 9.54. The van der Waals surface area contributed by atoms with Gasteiger partial charge in [0.05, 0.1) is 19.3 Å². The molecule has 0 amide bonds. The summed E-state index contributed by atoms with van der Waals surface area (Å²) in [6.07, 6.45) is 4.72. The van der Waals surface area contributed by atoms with Crippen molar-refractivity contribution in [2.45, 2.75) is 26.3 Å². The number of rotatable bonds is 6.